The topological polar surface area (TPSA) is 26.8 Å². The van der Waals surface area contributed by atoms with Gasteiger partial charge >= 0.3 is 0 Å². The zero-order chi connectivity index (χ0) is 16.0. The van der Waals surface area contributed by atoms with Gasteiger partial charge in [-0.2, -0.15) is 0 Å². The number of piperidine rings is 1. The number of amides is 1. The van der Waals surface area contributed by atoms with Crippen LogP contribution < -0.4 is 0 Å². The minimum absolute atomic E-state index is 0.363. The lowest BCUT2D eigenvalue weighted by molar-refractivity contribution is -0.132. The minimum atomic E-state index is 0.363. The molecule has 4 nitrogen and oxygen atoms in total. The molecule has 1 unspecified atom stereocenters. The summed E-state index contributed by atoms with van der Waals surface area (Å²) in [4.78, 5) is 20.1. The predicted octanol–water partition coefficient (Wildman–Crippen LogP) is 2.34. The standard InChI is InChI=1S/C19H33N3O/c1-19(9-12-20(2)14-19)21-10-7-16(8-11-21)22-17-6-4-3-5-15(17)13-18(22)23/h15-17H,3-14H2,1-2H3/t15-,17+,19?/m1/s1. The third-order valence-corrected chi connectivity index (χ3v) is 7.22. The van der Waals surface area contributed by atoms with E-state index in [1.807, 2.05) is 0 Å². The van der Waals surface area contributed by atoms with Gasteiger partial charge in [0, 0.05) is 43.7 Å². The Morgan fingerprint density at radius 3 is 2.48 bits per heavy atom. The van der Waals surface area contributed by atoms with Crippen molar-refractivity contribution in [3.05, 3.63) is 0 Å². The number of rotatable bonds is 2. The first kappa shape index (κ1) is 15.9. The molecule has 4 rings (SSSR count). The summed E-state index contributed by atoms with van der Waals surface area (Å²) in [5, 5.41) is 0. The van der Waals surface area contributed by atoms with Crippen LogP contribution in [0.1, 0.15) is 58.3 Å². The third-order valence-electron chi connectivity index (χ3n) is 7.22. The molecule has 3 aliphatic heterocycles. The summed E-state index contributed by atoms with van der Waals surface area (Å²) < 4.78 is 0. The van der Waals surface area contributed by atoms with Crippen molar-refractivity contribution in [2.75, 3.05) is 33.2 Å². The largest absolute Gasteiger partial charge is 0.336 e. The molecular weight excluding hydrogens is 286 g/mol. The normalized spacial score (nSPS) is 40.8. The molecule has 4 fully saturated rings. The molecule has 3 saturated heterocycles. The molecule has 130 valence electrons. The van der Waals surface area contributed by atoms with E-state index in [9.17, 15) is 4.79 Å². The molecule has 1 amide bonds. The fourth-order valence-corrected chi connectivity index (χ4v) is 5.89. The van der Waals surface area contributed by atoms with E-state index in [-0.39, 0.29) is 0 Å². The first-order valence-electron chi connectivity index (χ1n) is 9.82. The van der Waals surface area contributed by atoms with Crippen molar-refractivity contribution < 1.29 is 4.79 Å². The van der Waals surface area contributed by atoms with Gasteiger partial charge in [0.15, 0.2) is 0 Å². The van der Waals surface area contributed by atoms with Crippen LogP contribution in [0.3, 0.4) is 0 Å². The van der Waals surface area contributed by atoms with Crippen molar-refractivity contribution in [3.63, 3.8) is 0 Å². The predicted molar refractivity (Wildman–Crippen MR) is 92.3 cm³/mol. The Morgan fingerprint density at radius 1 is 1.04 bits per heavy atom. The summed E-state index contributed by atoms with van der Waals surface area (Å²) >= 11 is 0. The number of carbonyl (C=O) groups excluding carboxylic acids is 1. The van der Waals surface area contributed by atoms with E-state index in [0.29, 0.717) is 29.4 Å². The molecule has 0 N–H and O–H groups in total. The number of nitrogens with zero attached hydrogens (tertiary/aromatic N) is 3. The van der Waals surface area contributed by atoms with Gasteiger partial charge in [0.1, 0.15) is 0 Å². The summed E-state index contributed by atoms with van der Waals surface area (Å²) in [6.07, 6.45) is 9.73. The van der Waals surface area contributed by atoms with Crippen LogP contribution in [-0.4, -0.2) is 71.5 Å². The van der Waals surface area contributed by atoms with Crippen LogP contribution in [0.25, 0.3) is 0 Å². The molecule has 0 aromatic heterocycles. The monoisotopic (exact) mass is 319 g/mol. The van der Waals surface area contributed by atoms with Crippen LogP contribution in [0.2, 0.25) is 0 Å². The molecule has 4 heteroatoms. The maximum Gasteiger partial charge on any atom is 0.223 e. The number of hydrogen-bond donors (Lipinski definition) is 0. The van der Waals surface area contributed by atoms with Gasteiger partial charge in [0.05, 0.1) is 0 Å². The fourth-order valence-electron chi connectivity index (χ4n) is 5.89. The quantitative estimate of drug-likeness (QED) is 0.782. The molecule has 0 radical (unpaired) electrons. The van der Waals surface area contributed by atoms with Crippen LogP contribution in [0.5, 0.6) is 0 Å². The zero-order valence-corrected chi connectivity index (χ0v) is 15.0. The highest BCUT2D eigenvalue weighted by Crippen LogP contribution is 2.40. The molecule has 0 spiro atoms. The fraction of sp³-hybridized carbons (Fsp3) is 0.947. The third kappa shape index (κ3) is 2.82. The van der Waals surface area contributed by atoms with Crippen molar-refractivity contribution >= 4 is 5.91 Å². The van der Waals surface area contributed by atoms with Gasteiger partial charge in [-0.25, -0.2) is 0 Å². The Labute approximate surface area is 141 Å². The summed E-state index contributed by atoms with van der Waals surface area (Å²) in [5.41, 5.74) is 0.363. The Kier molecular flexibility index (Phi) is 4.17. The number of likely N-dealkylation sites (tertiary alicyclic amines) is 3. The highest BCUT2D eigenvalue weighted by atomic mass is 16.2. The SMILES string of the molecule is CN1CCC(C)(N2CCC(N3C(=O)C[C@H]4CCCC[C@@H]43)CC2)C1. The Morgan fingerprint density at radius 2 is 1.78 bits per heavy atom. The van der Waals surface area contributed by atoms with Gasteiger partial charge < -0.3 is 9.80 Å². The molecule has 1 saturated carbocycles. The lowest BCUT2D eigenvalue weighted by Crippen LogP contribution is -2.55. The maximum atomic E-state index is 12.6. The molecule has 3 atom stereocenters. The molecule has 0 aromatic carbocycles. The first-order valence-corrected chi connectivity index (χ1v) is 9.82. The van der Waals surface area contributed by atoms with Crippen molar-refractivity contribution in [2.45, 2.75) is 75.9 Å². The summed E-state index contributed by atoms with van der Waals surface area (Å²) in [6.45, 7) is 7.22. The van der Waals surface area contributed by atoms with Gasteiger partial charge in [0.2, 0.25) is 5.91 Å². The first-order chi connectivity index (χ1) is 11.1. The number of carbonyl (C=O) groups is 1. The summed E-state index contributed by atoms with van der Waals surface area (Å²) in [7, 11) is 2.24. The number of hydrogen-bond acceptors (Lipinski definition) is 3. The zero-order valence-electron chi connectivity index (χ0n) is 15.0. The average molecular weight is 319 g/mol. The Hall–Kier alpha value is -0.610. The van der Waals surface area contributed by atoms with Gasteiger partial charge in [-0.05, 0) is 58.5 Å². The summed E-state index contributed by atoms with van der Waals surface area (Å²) in [5.74, 6) is 1.14. The summed E-state index contributed by atoms with van der Waals surface area (Å²) in [6, 6.07) is 1.11. The molecule has 4 aliphatic rings. The second-order valence-corrected chi connectivity index (χ2v) is 8.82. The number of likely N-dealkylation sites (N-methyl/N-ethyl adjacent to an activating group) is 1. The van der Waals surface area contributed by atoms with Crippen molar-refractivity contribution in [2.24, 2.45) is 5.92 Å². The van der Waals surface area contributed by atoms with Gasteiger partial charge in [-0.15, -0.1) is 0 Å². The minimum Gasteiger partial charge on any atom is -0.336 e. The van der Waals surface area contributed by atoms with Crippen molar-refractivity contribution in [1.29, 1.82) is 0 Å². The lowest BCUT2D eigenvalue weighted by atomic mass is 9.84. The highest BCUT2D eigenvalue weighted by Gasteiger charge is 2.46. The number of fused-ring (bicyclic) bond motifs is 1. The second kappa shape index (κ2) is 6.03. The Balaban J connectivity index is 1.39. The van der Waals surface area contributed by atoms with E-state index >= 15 is 0 Å². The lowest BCUT2D eigenvalue weighted by Gasteiger charge is -2.46. The van der Waals surface area contributed by atoms with Gasteiger partial charge in [-0.1, -0.05) is 12.8 Å². The molecule has 3 heterocycles. The molecule has 23 heavy (non-hydrogen) atoms. The van der Waals surface area contributed by atoms with Crippen molar-refractivity contribution in [3.8, 4) is 0 Å². The van der Waals surface area contributed by atoms with Crippen LogP contribution in [0, 0.1) is 5.92 Å². The van der Waals surface area contributed by atoms with Crippen LogP contribution in [0.15, 0.2) is 0 Å². The van der Waals surface area contributed by atoms with Crippen LogP contribution in [0.4, 0.5) is 0 Å². The van der Waals surface area contributed by atoms with Gasteiger partial charge in [0.25, 0.3) is 0 Å². The molecule has 0 aromatic rings. The average Bonchev–Trinajstić information content (AvgIpc) is 3.07. The van der Waals surface area contributed by atoms with E-state index in [0.717, 1.165) is 6.42 Å². The van der Waals surface area contributed by atoms with E-state index in [4.69, 9.17) is 0 Å². The maximum absolute atomic E-state index is 12.6. The van der Waals surface area contributed by atoms with E-state index in [1.165, 1.54) is 71.1 Å². The molecular formula is C19H33N3O. The second-order valence-electron chi connectivity index (χ2n) is 8.82. The smallest absolute Gasteiger partial charge is 0.223 e. The van der Waals surface area contributed by atoms with E-state index < -0.39 is 0 Å². The van der Waals surface area contributed by atoms with Crippen LogP contribution >= 0.6 is 0 Å². The van der Waals surface area contributed by atoms with E-state index in [2.05, 4.69) is 28.7 Å². The van der Waals surface area contributed by atoms with Crippen molar-refractivity contribution in [1.82, 2.24) is 14.7 Å². The van der Waals surface area contributed by atoms with Crippen LogP contribution in [-0.2, 0) is 4.79 Å². The Bertz CT molecular complexity index is 460. The van der Waals surface area contributed by atoms with E-state index in [1.54, 1.807) is 0 Å². The molecule has 0 bridgehead atoms. The highest BCUT2D eigenvalue weighted by molar-refractivity contribution is 5.79. The molecule has 1 aliphatic carbocycles. The van der Waals surface area contributed by atoms with Gasteiger partial charge in [-0.3, -0.25) is 9.69 Å².